The molecule has 146 valence electrons. The molecule has 2 heterocycles. The Kier molecular flexibility index (Phi) is 7.04. The van der Waals surface area contributed by atoms with Crippen molar-refractivity contribution >= 4 is 11.8 Å². The van der Waals surface area contributed by atoms with E-state index in [-0.39, 0.29) is 0 Å². The first-order valence-electron chi connectivity index (χ1n) is 10.4. The fourth-order valence-corrected chi connectivity index (χ4v) is 3.63. The van der Waals surface area contributed by atoms with Crippen LogP contribution in [0.2, 0.25) is 0 Å². The molecule has 1 aromatic heterocycles. The van der Waals surface area contributed by atoms with Crippen molar-refractivity contribution in [3.63, 3.8) is 0 Å². The second-order valence-corrected chi connectivity index (χ2v) is 7.19. The maximum Gasteiger partial charge on any atom is 0.227 e. The van der Waals surface area contributed by atoms with Crippen LogP contribution in [0.3, 0.4) is 0 Å². The Hall–Kier alpha value is -2.14. The van der Waals surface area contributed by atoms with Gasteiger partial charge in [0.2, 0.25) is 5.95 Å². The number of piperazine rings is 1. The normalized spacial score (nSPS) is 15.1. The van der Waals surface area contributed by atoms with Crippen molar-refractivity contribution in [2.75, 3.05) is 55.6 Å². The largest absolute Gasteiger partial charge is 0.354 e. The van der Waals surface area contributed by atoms with E-state index in [1.807, 2.05) is 0 Å². The van der Waals surface area contributed by atoms with Crippen LogP contribution in [-0.2, 0) is 0 Å². The first-order chi connectivity index (χ1) is 13.2. The number of hydrogen-bond acceptors (Lipinski definition) is 5. The van der Waals surface area contributed by atoms with Crippen molar-refractivity contribution in [1.82, 2.24) is 14.9 Å². The van der Waals surface area contributed by atoms with Gasteiger partial charge in [0.05, 0.1) is 5.69 Å². The summed E-state index contributed by atoms with van der Waals surface area (Å²) in [6.07, 6.45) is 2.20. The Morgan fingerprint density at radius 3 is 2.15 bits per heavy atom. The maximum atomic E-state index is 4.99. The third kappa shape index (κ3) is 4.98. The first-order valence-corrected chi connectivity index (χ1v) is 10.4. The average molecular weight is 368 g/mol. The Bertz CT molecular complexity index is 689. The molecule has 5 heteroatoms. The lowest BCUT2D eigenvalue weighted by molar-refractivity contribution is 0.270. The predicted molar refractivity (Wildman–Crippen MR) is 115 cm³/mol. The van der Waals surface area contributed by atoms with E-state index in [1.54, 1.807) is 0 Å². The van der Waals surface area contributed by atoms with Crippen LogP contribution in [-0.4, -0.2) is 60.7 Å². The van der Waals surface area contributed by atoms with Gasteiger partial charge in [-0.2, -0.15) is 4.98 Å². The molecule has 0 bridgehead atoms. The standard InChI is InChI=1S/C22H33N5/c1-4-12-27(13-5-2)22-23-20(19-10-8-7-9-11-19)18-21(24-22)26-16-14-25(6-3)15-17-26/h7-11,18H,4-6,12-17H2,1-3H3. The van der Waals surface area contributed by atoms with Gasteiger partial charge >= 0.3 is 0 Å². The van der Waals surface area contributed by atoms with Gasteiger partial charge in [-0.05, 0) is 19.4 Å². The Morgan fingerprint density at radius 2 is 1.56 bits per heavy atom. The minimum Gasteiger partial charge on any atom is -0.354 e. The van der Waals surface area contributed by atoms with Crippen LogP contribution in [0.15, 0.2) is 36.4 Å². The maximum absolute atomic E-state index is 4.99. The smallest absolute Gasteiger partial charge is 0.227 e. The monoisotopic (exact) mass is 367 g/mol. The van der Waals surface area contributed by atoms with E-state index in [1.165, 1.54) is 0 Å². The Labute approximate surface area is 164 Å². The SMILES string of the molecule is CCCN(CCC)c1nc(-c2ccccc2)cc(N2CCN(CC)CC2)n1. The van der Waals surface area contributed by atoms with Crippen molar-refractivity contribution in [3.8, 4) is 11.3 Å². The molecule has 2 aromatic rings. The third-order valence-electron chi connectivity index (χ3n) is 5.18. The highest BCUT2D eigenvalue weighted by molar-refractivity contribution is 5.65. The van der Waals surface area contributed by atoms with Crippen molar-refractivity contribution in [1.29, 1.82) is 0 Å². The molecule has 3 rings (SSSR count). The van der Waals surface area contributed by atoms with Gasteiger partial charge < -0.3 is 14.7 Å². The number of benzene rings is 1. The van der Waals surface area contributed by atoms with Crippen LogP contribution in [0.1, 0.15) is 33.6 Å². The highest BCUT2D eigenvalue weighted by atomic mass is 15.3. The van der Waals surface area contributed by atoms with Crippen LogP contribution in [0.4, 0.5) is 11.8 Å². The molecule has 5 nitrogen and oxygen atoms in total. The lowest BCUT2D eigenvalue weighted by Crippen LogP contribution is -2.46. The number of aromatic nitrogens is 2. The van der Waals surface area contributed by atoms with Gasteiger partial charge in [0.15, 0.2) is 0 Å². The second-order valence-electron chi connectivity index (χ2n) is 7.19. The molecular formula is C22H33N5. The number of anilines is 2. The highest BCUT2D eigenvalue weighted by Gasteiger charge is 2.20. The zero-order chi connectivity index (χ0) is 19.1. The molecule has 1 aromatic carbocycles. The van der Waals surface area contributed by atoms with Crippen molar-refractivity contribution in [2.45, 2.75) is 33.6 Å². The minimum absolute atomic E-state index is 0.868. The molecule has 0 radical (unpaired) electrons. The van der Waals surface area contributed by atoms with Gasteiger partial charge in [-0.3, -0.25) is 0 Å². The summed E-state index contributed by atoms with van der Waals surface area (Å²) in [7, 11) is 0. The van der Waals surface area contributed by atoms with Crippen molar-refractivity contribution in [3.05, 3.63) is 36.4 Å². The van der Waals surface area contributed by atoms with Crippen LogP contribution >= 0.6 is 0 Å². The van der Waals surface area contributed by atoms with Crippen LogP contribution < -0.4 is 9.80 Å². The molecule has 0 N–H and O–H groups in total. The van der Waals surface area contributed by atoms with E-state index in [0.29, 0.717) is 0 Å². The molecule has 1 fully saturated rings. The molecule has 0 aliphatic carbocycles. The number of rotatable bonds is 8. The molecule has 1 saturated heterocycles. The summed E-state index contributed by atoms with van der Waals surface area (Å²) in [5.41, 5.74) is 2.17. The summed E-state index contributed by atoms with van der Waals surface area (Å²) in [6, 6.07) is 12.6. The predicted octanol–water partition coefficient (Wildman–Crippen LogP) is 3.91. The zero-order valence-electron chi connectivity index (χ0n) is 17.1. The van der Waals surface area contributed by atoms with Gasteiger partial charge in [-0.25, -0.2) is 4.98 Å². The van der Waals surface area contributed by atoms with Gasteiger partial charge in [0.1, 0.15) is 5.82 Å². The molecule has 27 heavy (non-hydrogen) atoms. The Morgan fingerprint density at radius 1 is 0.889 bits per heavy atom. The van der Waals surface area contributed by atoms with E-state index < -0.39 is 0 Å². The van der Waals surface area contributed by atoms with E-state index in [9.17, 15) is 0 Å². The summed E-state index contributed by atoms with van der Waals surface area (Å²) in [5, 5.41) is 0. The van der Waals surface area contributed by atoms with Crippen LogP contribution in [0.25, 0.3) is 11.3 Å². The minimum atomic E-state index is 0.868. The molecule has 1 aliphatic heterocycles. The molecular weight excluding hydrogens is 334 g/mol. The Balaban J connectivity index is 1.95. The van der Waals surface area contributed by atoms with E-state index in [2.05, 4.69) is 71.9 Å². The quantitative estimate of drug-likeness (QED) is 0.707. The van der Waals surface area contributed by atoms with E-state index >= 15 is 0 Å². The zero-order valence-corrected chi connectivity index (χ0v) is 17.1. The summed E-state index contributed by atoms with van der Waals surface area (Å²) in [4.78, 5) is 17.2. The van der Waals surface area contributed by atoms with Crippen LogP contribution in [0.5, 0.6) is 0 Å². The number of likely N-dealkylation sites (N-methyl/N-ethyl adjacent to an activating group) is 1. The average Bonchev–Trinajstić information content (AvgIpc) is 2.74. The fourth-order valence-electron chi connectivity index (χ4n) is 3.63. The van der Waals surface area contributed by atoms with Crippen LogP contribution in [0, 0.1) is 0 Å². The lowest BCUT2D eigenvalue weighted by atomic mass is 10.1. The second kappa shape index (κ2) is 9.70. The van der Waals surface area contributed by atoms with Gasteiger partial charge in [-0.1, -0.05) is 51.1 Å². The number of nitrogens with zero attached hydrogens (tertiary/aromatic N) is 5. The molecule has 1 aliphatic rings. The summed E-state index contributed by atoms with van der Waals surface area (Å²) in [6.45, 7) is 14.0. The topological polar surface area (TPSA) is 35.5 Å². The summed E-state index contributed by atoms with van der Waals surface area (Å²) in [5.74, 6) is 1.93. The molecule has 0 unspecified atom stereocenters. The highest BCUT2D eigenvalue weighted by Crippen LogP contribution is 2.26. The first kappa shape index (κ1) is 19.6. The molecule has 0 amide bonds. The van der Waals surface area contributed by atoms with E-state index in [4.69, 9.17) is 9.97 Å². The van der Waals surface area contributed by atoms with Gasteiger partial charge in [0, 0.05) is 50.9 Å². The lowest BCUT2D eigenvalue weighted by Gasteiger charge is -2.35. The van der Waals surface area contributed by atoms with Gasteiger partial charge in [-0.15, -0.1) is 0 Å². The molecule has 0 atom stereocenters. The van der Waals surface area contributed by atoms with E-state index in [0.717, 1.165) is 81.7 Å². The fraction of sp³-hybridized carbons (Fsp3) is 0.545. The summed E-state index contributed by atoms with van der Waals surface area (Å²) < 4.78 is 0. The molecule has 0 saturated carbocycles. The van der Waals surface area contributed by atoms with Crippen molar-refractivity contribution < 1.29 is 0 Å². The third-order valence-corrected chi connectivity index (χ3v) is 5.18. The number of hydrogen-bond donors (Lipinski definition) is 0. The summed E-state index contributed by atoms with van der Waals surface area (Å²) >= 11 is 0. The van der Waals surface area contributed by atoms with Crippen molar-refractivity contribution in [2.24, 2.45) is 0 Å². The van der Waals surface area contributed by atoms with Gasteiger partial charge in [0.25, 0.3) is 0 Å². The molecule has 0 spiro atoms.